The summed E-state index contributed by atoms with van der Waals surface area (Å²) in [6.45, 7) is 6.00. The number of phenolic OH excluding ortho intramolecular Hbond substituents is 1. The van der Waals surface area contributed by atoms with Crippen LogP contribution in [0.25, 0.3) is 0 Å². The van der Waals surface area contributed by atoms with Crippen LogP contribution in [0.3, 0.4) is 0 Å². The van der Waals surface area contributed by atoms with E-state index in [0.29, 0.717) is 16.4 Å². The van der Waals surface area contributed by atoms with Gasteiger partial charge in [0.05, 0.1) is 13.3 Å². The average molecular weight is 281 g/mol. The zero-order valence-corrected chi connectivity index (χ0v) is 12.3. The first-order valence-corrected chi connectivity index (χ1v) is 6.21. The van der Waals surface area contributed by atoms with Crippen LogP contribution in [0.15, 0.2) is 23.3 Å². The zero-order chi connectivity index (χ0) is 14.5. The molecule has 0 aromatic heterocycles. The Morgan fingerprint density at radius 3 is 2.68 bits per heavy atom. The van der Waals surface area contributed by atoms with Crippen molar-refractivity contribution in [2.24, 2.45) is 5.10 Å². The van der Waals surface area contributed by atoms with Gasteiger partial charge in [0.2, 0.25) is 0 Å². The summed E-state index contributed by atoms with van der Waals surface area (Å²) >= 11 is 5.08. The van der Waals surface area contributed by atoms with Crippen LogP contribution in [0.2, 0.25) is 0 Å². The lowest BCUT2D eigenvalue weighted by Crippen LogP contribution is -2.44. The Morgan fingerprint density at radius 2 is 2.11 bits per heavy atom. The molecule has 1 aromatic carbocycles. The van der Waals surface area contributed by atoms with Gasteiger partial charge in [-0.3, -0.25) is 5.43 Å². The van der Waals surface area contributed by atoms with Gasteiger partial charge in [0.1, 0.15) is 0 Å². The second kappa shape index (κ2) is 6.38. The monoisotopic (exact) mass is 281 g/mol. The Hall–Kier alpha value is -1.82. The van der Waals surface area contributed by atoms with Crippen molar-refractivity contribution in [2.75, 3.05) is 7.11 Å². The third-order valence-corrected chi connectivity index (χ3v) is 2.30. The molecule has 104 valence electrons. The molecule has 1 rings (SSSR count). The SMILES string of the molecule is COc1cccc(C=NNC(=S)NC(C)(C)C)c1O. The standard InChI is InChI=1S/C13H19N3O2S/c1-13(2,3)15-12(19)16-14-8-9-6-5-7-10(18-4)11(9)17/h5-8,17H,1-4H3,(H2,15,16,19). The van der Waals surface area contributed by atoms with E-state index in [0.717, 1.165) is 0 Å². The minimum atomic E-state index is -0.127. The second-order valence-corrected chi connectivity index (χ2v) is 5.38. The van der Waals surface area contributed by atoms with Crippen LogP contribution in [0.1, 0.15) is 26.3 Å². The molecule has 0 saturated carbocycles. The number of thiocarbonyl (C=S) groups is 1. The number of hydrogen-bond acceptors (Lipinski definition) is 4. The molecule has 0 aliphatic heterocycles. The van der Waals surface area contributed by atoms with Crippen molar-refractivity contribution in [2.45, 2.75) is 26.3 Å². The van der Waals surface area contributed by atoms with Crippen LogP contribution >= 0.6 is 12.2 Å². The number of ether oxygens (including phenoxy) is 1. The maximum atomic E-state index is 9.85. The number of hydrazone groups is 1. The fourth-order valence-corrected chi connectivity index (χ4v) is 1.70. The third-order valence-electron chi connectivity index (χ3n) is 2.11. The van der Waals surface area contributed by atoms with Crippen LogP contribution in [0.4, 0.5) is 0 Å². The Kier molecular flexibility index (Phi) is 5.11. The van der Waals surface area contributed by atoms with Crippen molar-refractivity contribution in [3.8, 4) is 11.5 Å². The van der Waals surface area contributed by atoms with Crippen molar-refractivity contribution in [3.63, 3.8) is 0 Å². The summed E-state index contributed by atoms with van der Waals surface area (Å²) in [7, 11) is 1.50. The third kappa shape index (κ3) is 5.13. The van der Waals surface area contributed by atoms with Crippen molar-refractivity contribution < 1.29 is 9.84 Å². The number of aromatic hydroxyl groups is 1. The lowest BCUT2D eigenvalue weighted by molar-refractivity contribution is 0.373. The van der Waals surface area contributed by atoms with Gasteiger partial charge in [0, 0.05) is 11.1 Å². The molecule has 0 aliphatic rings. The number of nitrogens with zero attached hydrogens (tertiary/aromatic N) is 1. The van der Waals surface area contributed by atoms with Gasteiger partial charge in [-0.05, 0) is 45.1 Å². The zero-order valence-electron chi connectivity index (χ0n) is 11.5. The Bertz CT molecular complexity index is 481. The van der Waals surface area contributed by atoms with Gasteiger partial charge in [-0.15, -0.1) is 0 Å². The maximum Gasteiger partial charge on any atom is 0.187 e. The highest BCUT2D eigenvalue weighted by Crippen LogP contribution is 2.27. The van der Waals surface area contributed by atoms with Crippen molar-refractivity contribution in [1.82, 2.24) is 10.7 Å². The van der Waals surface area contributed by atoms with Crippen LogP contribution in [-0.2, 0) is 0 Å². The summed E-state index contributed by atoms with van der Waals surface area (Å²) in [5.41, 5.74) is 3.11. The van der Waals surface area contributed by atoms with Gasteiger partial charge in [-0.1, -0.05) is 6.07 Å². The number of hydrogen-bond donors (Lipinski definition) is 3. The van der Waals surface area contributed by atoms with E-state index in [1.807, 2.05) is 20.8 Å². The largest absolute Gasteiger partial charge is 0.504 e. The van der Waals surface area contributed by atoms with E-state index < -0.39 is 0 Å². The van der Waals surface area contributed by atoms with Crippen molar-refractivity contribution in [1.29, 1.82) is 0 Å². The van der Waals surface area contributed by atoms with E-state index in [1.165, 1.54) is 13.3 Å². The number of para-hydroxylation sites is 1. The number of methoxy groups -OCH3 is 1. The van der Waals surface area contributed by atoms with Crippen molar-refractivity contribution in [3.05, 3.63) is 23.8 Å². The molecule has 6 heteroatoms. The van der Waals surface area contributed by atoms with Crippen LogP contribution in [-0.4, -0.2) is 29.1 Å². The predicted octanol–water partition coefficient (Wildman–Crippen LogP) is 2.00. The first kappa shape index (κ1) is 15.2. The molecule has 1 aromatic rings. The number of benzene rings is 1. The molecule has 19 heavy (non-hydrogen) atoms. The normalized spacial score (nSPS) is 11.4. The molecule has 0 heterocycles. The van der Waals surface area contributed by atoms with Crippen LogP contribution in [0, 0.1) is 0 Å². The summed E-state index contributed by atoms with van der Waals surface area (Å²) in [6.07, 6.45) is 1.48. The Morgan fingerprint density at radius 1 is 1.42 bits per heavy atom. The highest BCUT2D eigenvalue weighted by Gasteiger charge is 2.10. The Balaban J connectivity index is 2.65. The van der Waals surface area contributed by atoms with Gasteiger partial charge >= 0.3 is 0 Å². The fourth-order valence-electron chi connectivity index (χ4n) is 1.34. The number of rotatable bonds is 3. The quantitative estimate of drug-likeness (QED) is 0.449. The summed E-state index contributed by atoms with van der Waals surface area (Å²) < 4.78 is 5.01. The second-order valence-electron chi connectivity index (χ2n) is 4.97. The summed E-state index contributed by atoms with van der Waals surface area (Å²) in [5, 5.41) is 17.3. The highest BCUT2D eigenvalue weighted by molar-refractivity contribution is 7.80. The molecule has 0 fully saturated rings. The van der Waals surface area contributed by atoms with E-state index in [4.69, 9.17) is 17.0 Å². The highest BCUT2D eigenvalue weighted by atomic mass is 32.1. The van der Waals surface area contributed by atoms with Gasteiger partial charge in [-0.2, -0.15) is 5.10 Å². The topological polar surface area (TPSA) is 65.9 Å². The number of nitrogens with one attached hydrogen (secondary N) is 2. The first-order valence-electron chi connectivity index (χ1n) is 5.80. The molecule has 0 unspecified atom stereocenters. The van der Waals surface area contributed by atoms with Gasteiger partial charge < -0.3 is 15.2 Å². The van der Waals surface area contributed by atoms with E-state index >= 15 is 0 Å². The molecule has 5 nitrogen and oxygen atoms in total. The van der Waals surface area contributed by atoms with Gasteiger partial charge in [0.15, 0.2) is 16.6 Å². The van der Waals surface area contributed by atoms with Crippen LogP contribution < -0.4 is 15.5 Å². The van der Waals surface area contributed by atoms with E-state index in [1.54, 1.807) is 18.2 Å². The molecular weight excluding hydrogens is 262 g/mol. The summed E-state index contributed by atoms with van der Waals surface area (Å²) in [4.78, 5) is 0. The molecule has 3 N–H and O–H groups in total. The smallest absolute Gasteiger partial charge is 0.187 e. The average Bonchev–Trinajstić information content (AvgIpc) is 2.29. The molecule has 0 radical (unpaired) electrons. The minimum Gasteiger partial charge on any atom is -0.504 e. The van der Waals surface area contributed by atoms with Gasteiger partial charge in [0.25, 0.3) is 0 Å². The van der Waals surface area contributed by atoms with Crippen molar-refractivity contribution >= 4 is 23.5 Å². The number of phenols is 1. The summed E-state index contributed by atoms with van der Waals surface area (Å²) in [6, 6.07) is 5.17. The van der Waals surface area contributed by atoms with E-state index in [9.17, 15) is 5.11 Å². The molecule has 0 spiro atoms. The molecule has 0 atom stereocenters. The summed E-state index contributed by atoms with van der Waals surface area (Å²) in [5.74, 6) is 0.449. The van der Waals surface area contributed by atoms with Crippen LogP contribution in [0.5, 0.6) is 11.5 Å². The van der Waals surface area contributed by atoms with E-state index in [-0.39, 0.29) is 11.3 Å². The van der Waals surface area contributed by atoms with Gasteiger partial charge in [-0.25, -0.2) is 0 Å². The minimum absolute atomic E-state index is 0.0465. The maximum absolute atomic E-state index is 9.85. The lowest BCUT2D eigenvalue weighted by atomic mass is 10.1. The molecule has 0 bridgehead atoms. The van der Waals surface area contributed by atoms with E-state index in [2.05, 4.69) is 15.8 Å². The first-order chi connectivity index (χ1) is 8.83. The molecule has 0 aliphatic carbocycles. The Labute approximate surface area is 118 Å². The molecule has 0 saturated heterocycles. The fraction of sp³-hybridized carbons (Fsp3) is 0.385. The molecule has 0 amide bonds. The lowest BCUT2D eigenvalue weighted by Gasteiger charge is -2.21. The predicted molar refractivity (Wildman–Crippen MR) is 80.9 cm³/mol. The molecular formula is C13H19N3O2S.